The molecule has 1 N–H and O–H groups in total. The third-order valence-electron chi connectivity index (χ3n) is 2.96. The maximum atomic E-state index is 11.8. The van der Waals surface area contributed by atoms with Gasteiger partial charge in [-0.3, -0.25) is 9.78 Å². The first-order valence-electron chi connectivity index (χ1n) is 6.56. The van der Waals surface area contributed by atoms with Crippen molar-refractivity contribution >= 4 is 5.91 Å². The molecule has 0 aliphatic rings. The molecule has 1 heterocycles. The second-order valence-corrected chi connectivity index (χ2v) is 4.49. The Balaban J connectivity index is 1.77. The SMILES string of the molecule is COc1cccc(CC(=O)NCCc2cccnc2)c1. The number of aromatic nitrogens is 1. The van der Waals surface area contributed by atoms with Gasteiger partial charge in [-0.1, -0.05) is 18.2 Å². The fourth-order valence-electron chi connectivity index (χ4n) is 1.92. The van der Waals surface area contributed by atoms with Gasteiger partial charge in [-0.05, 0) is 35.7 Å². The number of carbonyl (C=O) groups excluding carboxylic acids is 1. The van der Waals surface area contributed by atoms with Crippen LogP contribution in [0.15, 0.2) is 48.8 Å². The number of nitrogens with one attached hydrogen (secondary N) is 1. The Morgan fingerprint density at radius 2 is 2.10 bits per heavy atom. The van der Waals surface area contributed by atoms with Crippen LogP contribution in [0.2, 0.25) is 0 Å². The van der Waals surface area contributed by atoms with Gasteiger partial charge < -0.3 is 10.1 Å². The van der Waals surface area contributed by atoms with Crippen LogP contribution >= 0.6 is 0 Å². The Morgan fingerprint density at radius 3 is 2.85 bits per heavy atom. The molecular weight excluding hydrogens is 252 g/mol. The quantitative estimate of drug-likeness (QED) is 0.873. The van der Waals surface area contributed by atoms with E-state index in [1.807, 2.05) is 42.6 Å². The standard InChI is InChI=1S/C16H18N2O2/c1-20-15-6-2-4-14(10-15)11-16(19)18-9-7-13-5-3-8-17-12-13/h2-6,8,10,12H,7,9,11H2,1H3,(H,18,19). The van der Waals surface area contributed by atoms with Crippen molar-refractivity contribution in [2.45, 2.75) is 12.8 Å². The first kappa shape index (κ1) is 14.1. The highest BCUT2D eigenvalue weighted by atomic mass is 16.5. The number of pyridine rings is 1. The molecule has 1 aromatic heterocycles. The van der Waals surface area contributed by atoms with Crippen LogP contribution in [0.3, 0.4) is 0 Å². The molecule has 1 aromatic carbocycles. The van der Waals surface area contributed by atoms with Crippen molar-refractivity contribution in [3.63, 3.8) is 0 Å². The summed E-state index contributed by atoms with van der Waals surface area (Å²) in [5, 5.41) is 2.91. The highest BCUT2D eigenvalue weighted by Crippen LogP contribution is 2.12. The minimum absolute atomic E-state index is 0.0159. The molecule has 0 spiro atoms. The van der Waals surface area contributed by atoms with Crippen molar-refractivity contribution < 1.29 is 9.53 Å². The molecule has 4 heteroatoms. The highest BCUT2D eigenvalue weighted by molar-refractivity contribution is 5.78. The number of hydrogen-bond donors (Lipinski definition) is 1. The summed E-state index contributed by atoms with van der Waals surface area (Å²) in [6, 6.07) is 11.4. The van der Waals surface area contributed by atoms with Crippen molar-refractivity contribution in [1.29, 1.82) is 0 Å². The van der Waals surface area contributed by atoms with Crippen LogP contribution in [0.4, 0.5) is 0 Å². The molecule has 2 rings (SSSR count). The molecule has 0 radical (unpaired) electrons. The third-order valence-corrected chi connectivity index (χ3v) is 2.96. The van der Waals surface area contributed by atoms with Gasteiger partial charge in [0.15, 0.2) is 0 Å². The van der Waals surface area contributed by atoms with Crippen molar-refractivity contribution in [2.75, 3.05) is 13.7 Å². The summed E-state index contributed by atoms with van der Waals surface area (Å²) in [7, 11) is 1.62. The first-order valence-corrected chi connectivity index (χ1v) is 6.56. The highest BCUT2D eigenvalue weighted by Gasteiger charge is 2.04. The van der Waals surface area contributed by atoms with E-state index in [4.69, 9.17) is 4.74 Å². The summed E-state index contributed by atoms with van der Waals surface area (Å²) in [6.07, 6.45) is 4.71. The topological polar surface area (TPSA) is 51.2 Å². The van der Waals surface area contributed by atoms with Gasteiger partial charge in [-0.2, -0.15) is 0 Å². The van der Waals surface area contributed by atoms with Crippen LogP contribution in [0, 0.1) is 0 Å². The van der Waals surface area contributed by atoms with Crippen LogP contribution in [0.1, 0.15) is 11.1 Å². The Hall–Kier alpha value is -2.36. The molecule has 4 nitrogen and oxygen atoms in total. The van der Waals surface area contributed by atoms with Crippen LogP contribution in [0.5, 0.6) is 5.75 Å². The lowest BCUT2D eigenvalue weighted by atomic mass is 10.1. The molecular formula is C16H18N2O2. The van der Waals surface area contributed by atoms with Gasteiger partial charge in [0.2, 0.25) is 5.91 Å². The Labute approximate surface area is 118 Å². The average Bonchev–Trinajstić information content (AvgIpc) is 2.48. The largest absolute Gasteiger partial charge is 0.497 e. The number of hydrogen-bond acceptors (Lipinski definition) is 3. The van der Waals surface area contributed by atoms with E-state index in [0.29, 0.717) is 13.0 Å². The number of nitrogens with zero attached hydrogens (tertiary/aromatic N) is 1. The molecule has 1 amide bonds. The van der Waals surface area contributed by atoms with Crippen LogP contribution in [0.25, 0.3) is 0 Å². The molecule has 0 fully saturated rings. The zero-order valence-corrected chi connectivity index (χ0v) is 11.5. The molecule has 0 bridgehead atoms. The van der Waals surface area contributed by atoms with Gasteiger partial charge in [-0.25, -0.2) is 0 Å². The smallest absolute Gasteiger partial charge is 0.224 e. The van der Waals surface area contributed by atoms with E-state index in [1.54, 1.807) is 13.3 Å². The lowest BCUT2D eigenvalue weighted by Crippen LogP contribution is -2.27. The van der Waals surface area contributed by atoms with E-state index < -0.39 is 0 Å². The number of carbonyl (C=O) groups is 1. The van der Waals surface area contributed by atoms with E-state index in [2.05, 4.69) is 10.3 Å². The van der Waals surface area contributed by atoms with Gasteiger partial charge >= 0.3 is 0 Å². The van der Waals surface area contributed by atoms with E-state index >= 15 is 0 Å². The molecule has 0 unspecified atom stereocenters. The van der Waals surface area contributed by atoms with Gasteiger partial charge in [0.25, 0.3) is 0 Å². The summed E-state index contributed by atoms with van der Waals surface area (Å²) >= 11 is 0. The van der Waals surface area contributed by atoms with Gasteiger partial charge in [-0.15, -0.1) is 0 Å². The van der Waals surface area contributed by atoms with E-state index in [9.17, 15) is 4.79 Å². The van der Waals surface area contributed by atoms with E-state index in [0.717, 1.165) is 23.3 Å². The molecule has 0 saturated carbocycles. The van der Waals surface area contributed by atoms with Crippen molar-refractivity contribution in [1.82, 2.24) is 10.3 Å². The van der Waals surface area contributed by atoms with Crippen molar-refractivity contribution in [3.8, 4) is 5.75 Å². The fourth-order valence-corrected chi connectivity index (χ4v) is 1.92. The lowest BCUT2D eigenvalue weighted by Gasteiger charge is -2.06. The molecule has 104 valence electrons. The Kier molecular flexibility index (Phi) is 5.12. The minimum Gasteiger partial charge on any atom is -0.497 e. The minimum atomic E-state index is 0.0159. The maximum Gasteiger partial charge on any atom is 0.224 e. The van der Waals surface area contributed by atoms with Gasteiger partial charge in [0, 0.05) is 18.9 Å². The predicted octanol–water partition coefficient (Wildman–Crippen LogP) is 1.99. The number of benzene rings is 1. The summed E-state index contributed by atoms with van der Waals surface area (Å²) in [6.45, 7) is 0.620. The van der Waals surface area contributed by atoms with Crippen LogP contribution in [-0.2, 0) is 17.6 Å². The number of methoxy groups -OCH3 is 1. The molecule has 0 saturated heterocycles. The monoisotopic (exact) mass is 270 g/mol. The number of rotatable bonds is 6. The van der Waals surface area contributed by atoms with Gasteiger partial charge in [0.1, 0.15) is 5.75 Å². The number of ether oxygens (including phenoxy) is 1. The molecule has 20 heavy (non-hydrogen) atoms. The Bertz CT molecular complexity index is 555. The summed E-state index contributed by atoms with van der Waals surface area (Å²) < 4.78 is 5.14. The second-order valence-electron chi connectivity index (χ2n) is 4.49. The summed E-state index contributed by atoms with van der Waals surface area (Å²) in [5.74, 6) is 0.785. The second kappa shape index (κ2) is 7.28. The molecule has 0 aliphatic heterocycles. The lowest BCUT2D eigenvalue weighted by molar-refractivity contribution is -0.120. The predicted molar refractivity (Wildman–Crippen MR) is 77.6 cm³/mol. The van der Waals surface area contributed by atoms with E-state index in [-0.39, 0.29) is 5.91 Å². The third kappa shape index (κ3) is 4.39. The number of amides is 1. The normalized spacial score (nSPS) is 10.1. The zero-order chi connectivity index (χ0) is 14.2. The molecule has 0 atom stereocenters. The summed E-state index contributed by atoms with van der Waals surface area (Å²) in [4.78, 5) is 15.9. The van der Waals surface area contributed by atoms with E-state index in [1.165, 1.54) is 0 Å². The average molecular weight is 270 g/mol. The molecule has 0 aliphatic carbocycles. The summed E-state index contributed by atoms with van der Waals surface area (Å²) in [5.41, 5.74) is 2.07. The first-order chi connectivity index (χ1) is 9.78. The maximum absolute atomic E-state index is 11.8. The van der Waals surface area contributed by atoms with Crippen LogP contribution in [-0.4, -0.2) is 24.5 Å². The zero-order valence-electron chi connectivity index (χ0n) is 11.5. The van der Waals surface area contributed by atoms with Crippen molar-refractivity contribution in [2.24, 2.45) is 0 Å². The van der Waals surface area contributed by atoms with Gasteiger partial charge in [0.05, 0.1) is 13.5 Å². The van der Waals surface area contributed by atoms with Crippen molar-refractivity contribution in [3.05, 3.63) is 59.9 Å². The van der Waals surface area contributed by atoms with Crippen LogP contribution < -0.4 is 10.1 Å². The molecule has 2 aromatic rings. The fraction of sp³-hybridized carbons (Fsp3) is 0.250. The Morgan fingerprint density at radius 1 is 1.25 bits per heavy atom.